The quantitative estimate of drug-likeness (QED) is 0.312. The van der Waals surface area contributed by atoms with E-state index in [-0.39, 0.29) is 12.1 Å². The number of alkyl halides is 3. The lowest BCUT2D eigenvalue weighted by molar-refractivity contribution is -0.393. The lowest BCUT2D eigenvalue weighted by Gasteiger charge is -2.27. The molecule has 9 nitrogen and oxygen atoms in total. The van der Waals surface area contributed by atoms with Gasteiger partial charge in [0.2, 0.25) is 9.70 Å². The van der Waals surface area contributed by atoms with Crippen molar-refractivity contribution in [3.05, 3.63) is 38.4 Å². The molecular weight excluding hydrogens is 387 g/mol. The van der Waals surface area contributed by atoms with Gasteiger partial charge >= 0.3 is 0 Å². The molecule has 0 fully saturated rings. The van der Waals surface area contributed by atoms with E-state index in [1.165, 1.54) is 0 Å². The SMILES string of the molecule is CCCC(=O)NC(Nc1ccc([N+](=O)[O-])cc1[N+](=O)[O-])C(Cl)(Cl)Cl. The summed E-state index contributed by atoms with van der Waals surface area (Å²) in [5, 5.41) is 26.8. The number of halogens is 3. The summed E-state index contributed by atoms with van der Waals surface area (Å²) >= 11 is 17.3. The summed E-state index contributed by atoms with van der Waals surface area (Å²) < 4.78 is -2.01. The molecule has 0 aliphatic carbocycles. The average molecular weight is 400 g/mol. The third kappa shape index (κ3) is 5.66. The van der Waals surface area contributed by atoms with Crippen LogP contribution in [0.5, 0.6) is 0 Å². The molecule has 1 aromatic carbocycles. The second-order valence-corrected chi connectivity index (χ2v) is 7.02. The Hall–Kier alpha value is -1.84. The largest absolute Gasteiger partial charge is 0.356 e. The molecule has 0 aliphatic heterocycles. The smallest absolute Gasteiger partial charge is 0.299 e. The van der Waals surface area contributed by atoms with Gasteiger partial charge in [-0.1, -0.05) is 41.7 Å². The topological polar surface area (TPSA) is 127 Å². The Kier molecular flexibility index (Phi) is 7.00. The monoisotopic (exact) mass is 398 g/mol. The standard InChI is InChI=1S/C12H13Cl3N4O5/c1-2-3-10(20)17-11(12(13,14)15)16-8-5-4-7(18(21)22)6-9(8)19(23)24/h4-6,11,16H,2-3H2,1H3,(H,17,20). The summed E-state index contributed by atoms with van der Waals surface area (Å²) in [6.07, 6.45) is -0.557. The maximum Gasteiger partial charge on any atom is 0.299 e. The van der Waals surface area contributed by atoms with Crippen molar-refractivity contribution < 1.29 is 14.6 Å². The number of anilines is 1. The molecule has 24 heavy (non-hydrogen) atoms. The highest BCUT2D eigenvalue weighted by atomic mass is 35.6. The summed E-state index contributed by atoms with van der Waals surface area (Å²) in [5.74, 6) is -0.425. The number of hydrogen-bond donors (Lipinski definition) is 2. The van der Waals surface area contributed by atoms with Crippen molar-refractivity contribution >= 4 is 57.8 Å². The highest BCUT2D eigenvalue weighted by Gasteiger charge is 2.35. The maximum absolute atomic E-state index is 11.7. The van der Waals surface area contributed by atoms with Gasteiger partial charge in [-0.2, -0.15) is 0 Å². The molecule has 1 unspecified atom stereocenters. The lowest BCUT2D eigenvalue weighted by Crippen LogP contribution is -2.49. The number of carbonyl (C=O) groups is 1. The summed E-state index contributed by atoms with van der Waals surface area (Å²) in [6.45, 7) is 1.78. The van der Waals surface area contributed by atoms with Crippen LogP contribution in [0.25, 0.3) is 0 Å². The molecule has 2 N–H and O–H groups in total. The Labute approximate surface area is 151 Å². The van der Waals surface area contributed by atoms with Crippen LogP contribution in [-0.4, -0.2) is 25.7 Å². The number of non-ortho nitro benzene ring substituents is 1. The van der Waals surface area contributed by atoms with E-state index in [2.05, 4.69) is 10.6 Å². The Morgan fingerprint density at radius 1 is 1.25 bits per heavy atom. The number of nitrogens with one attached hydrogen (secondary N) is 2. The van der Waals surface area contributed by atoms with Gasteiger partial charge in [0.05, 0.1) is 15.9 Å². The van der Waals surface area contributed by atoms with Gasteiger partial charge in [0.1, 0.15) is 11.9 Å². The summed E-state index contributed by atoms with van der Waals surface area (Å²) in [6, 6.07) is 2.93. The first-order valence-electron chi connectivity index (χ1n) is 6.61. The van der Waals surface area contributed by atoms with Crippen LogP contribution in [0.1, 0.15) is 19.8 Å². The number of nitro benzene ring substituents is 2. The normalized spacial score (nSPS) is 12.3. The number of benzene rings is 1. The van der Waals surface area contributed by atoms with E-state index in [4.69, 9.17) is 34.8 Å². The van der Waals surface area contributed by atoms with E-state index in [0.29, 0.717) is 6.42 Å². The Morgan fingerprint density at radius 3 is 2.33 bits per heavy atom. The molecule has 0 saturated heterocycles. The predicted octanol–water partition coefficient (Wildman–Crippen LogP) is 3.53. The third-order valence-electron chi connectivity index (χ3n) is 2.80. The van der Waals surface area contributed by atoms with Crippen molar-refractivity contribution in [1.29, 1.82) is 0 Å². The van der Waals surface area contributed by atoms with Crippen molar-refractivity contribution in [3.63, 3.8) is 0 Å². The van der Waals surface area contributed by atoms with Crippen molar-refractivity contribution in [3.8, 4) is 0 Å². The predicted molar refractivity (Wildman–Crippen MR) is 90.5 cm³/mol. The van der Waals surface area contributed by atoms with E-state index < -0.39 is 37.1 Å². The summed E-state index contributed by atoms with van der Waals surface area (Å²) in [7, 11) is 0. The zero-order valence-electron chi connectivity index (χ0n) is 12.3. The molecular formula is C12H13Cl3N4O5. The van der Waals surface area contributed by atoms with Gasteiger partial charge in [0, 0.05) is 12.5 Å². The van der Waals surface area contributed by atoms with Gasteiger partial charge in [-0.3, -0.25) is 25.0 Å². The Morgan fingerprint density at radius 2 is 1.88 bits per heavy atom. The van der Waals surface area contributed by atoms with Crippen LogP contribution in [-0.2, 0) is 4.79 Å². The first-order chi connectivity index (χ1) is 11.1. The van der Waals surface area contributed by atoms with Gasteiger partial charge < -0.3 is 10.6 Å². The molecule has 12 heteroatoms. The first-order valence-corrected chi connectivity index (χ1v) is 7.75. The third-order valence-corrected chi connectivity index (χ3v) is 3.45. The molecule has 0 aliphatic rings. The molecule has 0 spiro atoms. The number of hydrogen-bond acceptors (Lipinski definition) is 6. The van der Waals surface area contributed by atoms with Gasteiger partial charge in [0.15, 0.2) is 0 Å². The molecule has 0 heterocycles. The van der Waals surface area contributed by atoms with Gasteiger partial charge in [-0.15, -0.1) is 0 Å². The zero-order valence-corrected chi connectivity index (χ0v) is 14.6. The number of amides is 1. The maximum atomic E-state index is 11.7. The van der Waals surface area contributed by atoms with Gasteiger partial charge in [-0.05, 0) is 12.5 Å². The van der Waals surface area contributed by atoms with Crippen molar-refractivity contribution in [2.45, 2.75) is 29.7 Å². The number of carbonyl (C=O) groups excluding carboxylic acids is 1. The molecule has 0 saturated carbocycles. The van der Waals surface area contributed by atoms with Crippen LogP contribution < -0.4 is 10.6 Å². The fraction of sp³-hybridized carbons (Fsp3) is 0.417. The molecule has 0 bridgehead atoms. The van der Waals surface area contributed by atoms with Crippen LogP contribution in [0.15, 0.2) is 18.2 Å². The summed E-state index contributed by atoms with van der Waals surface area (Å²) in [5.41, 5.74) is -1.19. The molecule has 1 rings (SSSR count). The second kappa shape index (κ2) is 8.32. The van der Waals surface area contributed by atoms with Crippen LogP contribution in [0, 0.1) is 20.2 Å². The Bertz CT molecular complexity index is 650. The minimum Gasteiger partial charge on any atom is -0.356 e. The highest BCUT2D eigenvalue weighted by Crippen LogP contribution is 2.35. The van der Waals surface area contributed by atoms with Gasteiger partial charge in [-0.25, -0.2) is 0 Å². The number of nitro groups is 2. The van der Waals surface area contributed by atoms with Crippen LogP contribution in [0.4, 0.5) is 17.1 Å². The number of nitrogens with zero attached hydrogens (tertiary/aromatic N) is 2. The van der Waals surface area contributed by atoms with E-state index in [1.807, 2.05) is 0 Å². The van der Waals surface area contributed by atoms with Crippen molar-refractivity contribution in [2.75, 3.05) is 5.32 Å². The minimum atomic E-state index is -2.01. The van der Waals surface area contributed by atoms with E-state index in [9.17, 15) is 25.0 Å². The van der Waals surface area contributed by atoms with Gasteiger partial charge in [0.25, 0.3) is 11.4 Å². The van der Waals surface area contributed by atoms with Crippen LogP contribution >= 0.6 is 34.8 Å². The fourth-order valence-corrected chi connectivity index (χ4v) is 2.05. The lowest BCUT2D eigenvalue weighted by atomic mass is 10.2. The zero-order chi connectivity index (χ0) is 18.5. The molecule has 132 valence electrons. The van der Waals surface area contributed by atoms with Crippen molar-refractivity contribution in [2.24, 2.45) is 0 Å². The molecule has 0 radical (unpaired) electrons. The van der Waals surface area contributed by atoms with Crippen molar-refractivity contribution in [1.82, 2.24) is 5.32 Å². The first kappa shape index (κ1) is 20.2. The average Bonchev–Trinajstić information content (AvgIpc) is 2.45. The second-order valence-electron chi connectivity index (χ2n) is 4.65. The molecule has 1 aromatic rings. The fourth-order valence-electron chi connectivity index (χ4n) is 1.72. The van der Waals surface area contributed by atoms with Crippen LogP contribution in [0.3, 0.4) is 0 Å². The highest BCUT2D eigenvalue weighted by molar-refractivity contribution is 6.68. The van der Waals surface area contributed by atoms with Crippen LogP contribution in [0.2, 0.25) is 0 Å². The van der Waals surface area contributed by atoms with E-state index in [0.717, 1.165) is 18.2 Å². The molecule has 0 aromatic heterocycles. The number of rotatable bonds is 7. The summed E-state index contributed by atoms with van der Waals surface area (Å²) in [4.78, 5) is 31.9. The molecule has 1 amide bonds. The van der Waals surface area contributed by atoms with E-state index in [1.54, 1.807) is 6.92 Å². The minimum absolute atomic E-state index is 0.140. The Balaban J connectivity index is 3.15. The van der Waals surface area contributed by atoms with E-state index >= 15 is 0 Å². The molecule has 1 atom stereocenters.